The SMILES string of the molecule is CCOC(=O)CCc1cc(C)c(Br)c(C)c1. The van der Waals surface area contributed by atoms with E-state index in [0.717, 1.165) is 10.9 Å². The summed E-state index contributed by atoms with van der Waals surface area (Å²) in [6.07, 6.45) is 1.20. The molecule has 0 unspecified atom stereocenters. The highest BCUT2D eigenvalue weighted by Gasteiger charge is 2.05. The summed E-state index contributed by atoms with van der Waals surface area (Å²) in [6.45, 7) is 6.40. The molecule has 0 bridgehead atoms. The second-order valence-electron chi connectivity index (χ2n) is 3.85. The predicted molar refractivity (Wildman–Crippen MR) is 68.6 cm³/mol. The summed E-state index contributed by atoms with van der Waals surface area (Å²) < 4.78 is 6.05. The average Bonchev–Trinajstić information content (AvgIpc) is 2.23. The lowest BCUT2D eigenvalue weighted by Crippen LogP contribution is -2.05. The molecule has 0 aromatic heterocycles. The average molecular weight is 285 g/mol. The first kappa shape index (κ1) is 13.2. The molecular weight excluding hydrogens is 268 g/mol. The first-order valence-electron chi connectivity index (χ1n) is 5.45. The highest BCUT2D eigenvalue weighted by Crippen LogP contribution is 2.23. The molecule has 88 valence electrons. The maximum atomic E-state index is 11.2. The number of aryl methyl sites for hydroxylation is 3. The molecule has 0 aliphatic heterocycles. The number of rotatable bonds is 4. The number of carbonyl (C=O) groups excluding carboxylic acids is 1. The van der Waals surface area contributed by atoms with Crippen LogP contribution in [0, 0.1) is 13.8 Å². The smallest absolute Gasteiger partial charge is 0.306 e. The van der Waals surface area contributed by atoms with Gasteiger partial charge in [-0.25, -0.2) is 0 Å². The van der Waals surface area contributed by atoms with E-state index in [1.165, 1.54) is 16.7 Å². The number of benzene rings is 1. The Kier molecular flexibility index (Phi) is 5.00. The minimum Gasteiger partial charge on any atom is -0.466 e. The molecule has 1 rings (SSSR count). The molecule has 3 heteroatoms. The molecule has 0 N–H and O–H groups in total. The van der Waals surface area contributed by atoms with Gasteiger partial charge in [-0.05, 0) is 43.9 Å². The molecule has 0 amide bonds. The molecule has 0 radical (unpaired) electrons. The van der Waals surface area contributed by atoms with Crippen molar-refractivity contribution in [3.05, 3.63) is 33.3 Å². The molecule has 0 aliphatic carbocycles. The van der Waals surface area contributed by atoms with Crippen molar-refractivity contribution in [3.8, 4) is 0 Å². The van der Waals surface area contributed by atoms with Gasteiger partial charge in [0, 0.05) is 10.9 Å². The lowest BCUT2D eigenvalue weighted by Gasteiger charge is -2.07. The summed E-state index contributed by atoms with van der Waals surface area (Å²) in [4.78, 5) is 11.2. The highest BCUT2D eigenvalue weighted by molar-refractivity contribution is 9.10. The predicted octanol–water partition coefficient (Wildman–Crippen LogP) is 3.56. The topological polar surface area (TPSA) is 26.3 Å². The molecule has 0 saturated carbocycles. The first-order valence-corrected chi connectivity index (χ1v) is 6.25. The third kappa shape index (κ3) is 3.63. The molecule has 0 saturated heterocycles. The van der Waals surface area contributed by atoms with Gasteiger partial charge in [-0.15, -0.1) is 0 Å². The van der Waals surface area contributed by atoms with Crippen molar-refractivity contribution in [2.45, 2.75) is 33.6 Å². The third-order valence-electron chi connectivity index (χ3n) is 2.42. The molecule has 0 heterocycles. The van der Waals surface area contributed by atoms with Gasteiger partial charge in [0.2, 0.25) is 0 Å². The normalized spacial score (nSPS) is 10.2. The summed E-state index contributed by atoms with van der Waals surface area (Å²) in [7, 11) is 0. The zero-order valence-corrected chi connectivity index (χ0v) is 11.6. The number of hydrogen-bond donors (Lipinski definition) is 0. The Hall–Kier alpha value is -0.830. The van der Waals surface area contributed by atoms with Crippen LogP contribution in [0.25, 0.3) is 0 Å². The van der Waals surface area contributed by atoms with Gasteiger partial charge in [-0.1, -0.05) is 28.1 Å². The molecule has 0 fully saturated rings. The Labute approximate surface area is 105 Å². The van der Waals surface area contributed by atoms with Crippen LogP contribution in [0.3, 0.4) is 0 Å². The summed E-state index contributed by atoms with van der Waals surface area (Å²) in [5, 5.41) is 0. The lowest BCUT2D eigenvalue weighted by molar-refractivity contribution is -0.143. The zero-order chi connectivity index (χ0) is 12.1. The van der Waals surface area contributed by atoms with Gasteiger partial charge < -0.3 is 4.74 Å². The second kappa shape index (κ2) is 6.04. The second-order valence-corrected chi connectivity index (χ2v) is 4.64. The van der Waals surface area contributed by atoms with Crippen molar-refractivity contribution in [1.29, 1.82) is 0 Å². The summed E-state index contributed by atoms with van der Waals surface area (Å²) in [6, 6.07) is 4.21. The van der Waals surface area contributed by atoms with Crippen LogP contribution in [-0.2, 0) is 16.0 Å². The van der Waals surface area contributed by atoms with E-state index >= 15 is 0 Å². The fourth-order valence-corrected chi connectivity index (χ4v) is 1.89. The fraction of sp³-hybridized carbons (Fsp3) is 0.462. The Morgan fingerprint density at radius 3 is 2.38 bits per heavy atom. The number of ether oxygens (including phenoxy) is 1. The maximum Gasteiger partial charge on any atom is 0.306 e. The Morgan fingerprint density at radius 1 is 1.31 bits per heavy atom. The van der Waals surface area contributed by atoms with E-state index in [-0.39, 0.29) is 5.97 Å². The Morgan fingerprint density at radius 2 is 1.88 bits per heavy atom. The van der Waals surface area contributed by atoms with Gasteiger partial charge in [-0.2, -0.15) is 0 Å². The number of carbonyl (C=O) groups is 1. The Balaban J connectivity index is 2.65. The molecule has 1 aromatic rings. The molecule has 0 spiro atoms. The Bertz CT molecular complexity index is 363. The van der Waals surface area contributed by atoms with E-state index in [0.29, 0.717) is 13.0 Å². The number of halogens is 1. The zero-order valence-electron chi connectivity index (χ0n) is 9.97. The van der Waals surface area contributed by atoms with Crippen LogP contribution in [-0.4, -0.2) is 12.6 Å². The van der Waals surface area contributed by atoms with E-state index in [1.807, 2.05) is 6.92 Å². The van der Waals surface area contributed by atoms with Gasteiger partial charge >= 0.3 is 5.97 Å². The van der Waals surface area contributed by atoms with Crippen molar-refractivity contribution >= 4 is 21.9 Å². The minimum atomic E-state index is -0.124. The van der Waals surface area contributed by atoms with Gasteiger partial charge in [0.1, 0.15) is 0 Å². The van der Waals surface area contributed by atoms with E-state index in [2.05, 4.69) is 41.9 Å². The lowest BCUT2D eigenvalue weighted by atomic mass is 10.0. The molecule has 2 nitrogen and oxygen atoms in total. The molecule has 1 aromatic carbocycles. The van der Waals surface area contributed by atoms with Gasteiger partial charge in [0.15, 0.2) is 0 Å². The van der Waals surface area contributed by atoms with E-state index in [4.69, 9.17) is 4.74 Å². The number of esters is 1. The van der Waals surface area contributed by atoms with Crippen molar-refractivity contribution < 1.29 is 9.53 Å². The quantitative estimate of drug-likeness (QED) is 0.791. The van der Waals surface area contributed by atoms with Crippen LogP contribution < -0.4 is 0 Å². The highest BCUT2D eigenvalue weighted by atomic mass is 79.9. The van der Waals surface area contributed by atoms with E-state index < -0.39 is 0 Å². The van der Waals surface area contributed by atoms with Crippen molar-refractivity contribution in [3.63, 3.8) is 0 Å². The van der Waals surface area contributed by atoms with Crippen LogP contribution in [0.2, 0.25) is 0 Å². The van der Waals surface area contributed by atoms with Crippen molar-refractivity contribution in [2.24, 2.45) is 0 Å². The van der Waals surface area contributed by atoms with Gasteiger partial charge in [0.25, 0.3) is 0 Å². The van der Waals surface area contributed by atoms with Crippen LogP contribution in [0.1, 0.15) is 30.0 Å². The summed E-state index contributed by atoms with van der Waals surface area (Å²) in [5.74, 6) is -0.124. The standard InChI is InChI=1S/C13H17BrO2/c1-4-16-12(15)6-5-11-7-9(2)13(14)10(3)8-11/h7-8H,4-6H2,1-3H3. The summed E-state index contributed by atoms with van der Waals surface area (Å²) in [5.41, 5.74) is 3.60. The monoisotopic (exact) mass is 284 g/mol. The largest absolute Gasteiger partial charge is 0.466 e. The van der Waals surface area contributed by atoms with Crippen molar-refractivity contribution in [2.75, 3.05) is 6.61 Å². The fourth-order valence-electron chi connectivity index (χ4n) is 1.66. The van der Waals surface area contributed by atoms with Gasteiger partial charge in [0.05, 0.1) is 6.61 Å². The maximum absolute atomic E-state index is 11.2. The molecule has 16 heavy (non-hydrogen) atoms. The van der Waals surface area contributed by atoms with Crippen LogP contribution in [0.4, 0.5) is 0 Å². The number of hydrogen-bond acceptors (Lipinski definition) is 2. The van der Waals surface area contributed by atoms with E-state index in [1.54, 1.807) is 0 Å². The summed E-state index contributed by atoms with van der Waals surface area (Å²) >= 11 is 3.53. The molecule has 0 aliphatic rings. The third-order valence-corrected chi connectivity index (χ3v) is 3.67. The molecule has 0 atom stereocenters. The van der Waals surface area contributed by atoms with Crippen LogP contribution in [0.5, 0.6) is 0 Å². The van der Waals surface area contributed by atoms with E-state index in [9.17, 15) is 4.79 Å². The van der Waals surface area contributed by atoms with Crippen molar-refractivity contribution in [1.82, 2.24) is 0 Å². The van der Waals surface area contributed by atoms with Crippen LogP contribution in [0.15, 0.2) is 16.6 Å². The van der Waals surface area contributed by atoms with Gasteiger partial charge in [-0.3, -0.25) is 4.79 Å². The first-order chi connectivity index (χ1) is 7.54. The minimum absolute atomic E-state index is 0.124. The molecular formula is C13H17BrO2. The van der Waals surface area contributed by atoms with Crippen LogP contribution >= 0.6 is 15.9 Å².